The van der Waals surface area contributed by atoms with E-state index in [9.17, 15) is 9.59 Å². The molecule has 0 atom stereocenters. The van der Waals surface area contributed by atoms with Gasteiger partial charge in [-0.2, -0.15) is 0 Å². The summed E-state index contributed by atoms with van der Waals surface area (Å²) in [7, 11) is 2.68. The number of hydrogen-bond donors (Lipinski definition) is 0. The first kappa shape index (κ1) is 22.7. The van der Waals surface area contributed by atoms with E-state index in [2.05, 4.69) is 0 Å². The molecule has 1 aliphatic rings. The molecule has 0 saturated carbocycles. The van der Waals surface area contributed by atoms with Gasteiger partial charge in [-0.3, -0.25) is 0 Å². The molecule has 0 spiro atoms. The topological polar surface area (TPSA) is 52.6 Å². The van der Waals surface area contributed by atoms with E-state index in [-0.39, 0.29) is 0 Å². The van der Waals surface area contributed by atoms with Crippen molar-refractivity contribution in [3.8, 4) is 0 Å². The Hall–Kier alpha value is -4.44. The average Bonchev–Trinajstić information content (AvgIpc) is 3.24. The summed E-state index contributed by atoms with van der Waals surface area (Å²) >= 11 is 0. The molecule has 4 heteroatoms. The van der Waals surface area contributed by atoms with Gasteiger partial charge in [-0.25, -0.2) is 9.59 Å². The summed E-state index contributed by atoms with van der Waals surface area (Å²) in [6, 6.07) is 28.9. The van der Waals surface area contributed by atoms with Crippen molar-refractivity contribution in [3.63, 3.8) is 0 Å². The fourth-order valence-corrected chi connectivity index (χ4v) is 4.05. The number of benzene rings is 3. The molecule has 0 N–H and O–H groups in total. The fourth-order valence-electron chi connectivity index (χ4n) is 4.05. The van der Waals surface area contributed by atoms with Gasteiger partial charge >= 0.3 is 11.9 Å². The second-order valence-electron chi connectivity index (χ2n) is 7.57. The molecule has 0 heterocycles. The Labute approximate surface area is 199 Å². The minimum absolute atomic E-state index is 0.325. The summed E-state index contributed by atoms with van der Waals surface area (Å²) in [5.74, 6) is -1.05. The Balaban J connectivity index is 2.03. The highest BCUT2D eigenvalue weighted by atomic mass is 16.5. The highest BCUT2D eigenvalue weighted by molar-refractivity contribution is 6.28. The maximum atomic E-state index is 13.2. The highest BCUT2D eigenvalue weighted by Gasteiger charge is 2.38. The Kier molecular flexibility index (Phi) is 6.99. The molecule has 0 fully saturated rings. The number of rotatable bonds is 6. The molecule has 4 rings (SSSR count). The van der Waals surface area contributed by atoms with Crippen LogP contribution in [0, 0.1) is 0 Å². The van der Waals surface area contributed by atoms with E-state index >= 15 is 0 Å². The van der Waals surface area contributed by atoms with Gasteiger partial charge in [0.25, 0.3) is 0 Å². The number of methoxy groups -OCH3 is 2. The third kappa shape index (κ3) is 4.52. The van der Waals surface area contributed by atoms with Crippen LogP contribution in [0.25, 0.3) is 17.2 Å². The average molecular weight is 449 g/mol. The number of hydrogen-bond acceptors (Lipinski definition) is 4. The lowest BCUT2D eigenvalue weighted by molar-refractivity contribution is -0.135. The van der Waals surface area contributed by atoms with Gasteiger partial charge in [0, 0.05) is 16.7 Å². The van der Waals surface area contributed by atoms with Crippen LogP contribution in [-0.2, 0) is 19.1 Å². The van der Waals surface area contributed by atoms with E-state index < -0.39 is 11.9 Å². The Morgan fingerprint density at radius 3 is 1.44 bits per heavy atom. The molecule has 0 unspecified atom stereocenters. The van der Waals surface area contributed by atoms with Gasteiger partial charge in [0.15, 0.2) is 0 Å². The van der Waals surface area contributed by atoms with E-state index in [0.29, 0.717) is 27.9 Å². The maximum absolute atomic E-state index is 13.2. The number of esters is 2. The molecule has 168 valence electrons. The SMILES string of the molecule is COC(=O)C1=C(c2ccccc2)C(c2ccccc2)=C(C(=O)OC)C1=C/C=C/c1ccccc1. The molecule has 1 aliphatic carbocycles. The van der Waals surface area contributed by atoms with Crippen molar-refractivity contribution in [2.45, 2.75) is 0 Å². The number of carbonyl (C=O) groups is 2. The summed E-state index contributed by atoms with van der Waals surface area (Å²) in [6.07, 6.45) is 5.51. The van der Waals surface area contributed by atoms with E-state index in [1.54, 1.807) is 6.08 Å². The second-order valence-corrected chi connectivity index (χ2v) is 7.57. The molecule has 0 bridgehead atoms. The lowest BCUT2D eigenvalue weighted by atomic mass is 9.91. The van der Waals surface area contributed by atoms with Crippen LogP contribution in [0.2, 0.25) is 0 Å². The van der Waals surface area contributed by atoms with Crippen LogP contribution in [0.3, 0.4) is 0 Å². The van der Waals surface area contributed by atoms with Crippen molar-refractivity contribution in [3.05, 3.63) is 137 Å². The predicted octanol–water partition coefficient (Wildman–Crippen LogP) is 5.89. The monoisotopic (exact) mass is 448 g/mol. The predicted molar refractivity (Wildman–Crippen MR) is 134 cm³/mol. The minimum atomic E-state index is -0.523. The standard InChI is InChI=1S/C30H24O4/c1-33-29(31)27-24(20-12-15-21-13-6-3-7-14-21)28(30(32)34-2)26(23-18-10-5-11-19-23)25(27)22-16-8-4-9-17-22/h3-20H,1-2H3/b15-12+. The molecule has 0 radical (unpaired) electrons. The van der Waals surface area contributed by atoms with Crippen LogP contribution in [0.4, 0.5) is 0 Å². The minimum Gasteiger partial charge on any atom is -0.465 e. The fraction of sp³-hybridized carbons (Fsp3) is 0.0667. The molecule has 4 nitrogen and oxygen atoms in total. The molecule has 0 aromatic heterocycles. The summed E-state index contributed by atoms with van der Waals surface area (Å²) in [4.78, 5) is 26.3. The number of ether oxygens (including phenoxy) is 2. The number of allylic oxidation sites excluding steroid dienone is 4. The molecule has 0 aliphatic heterocycles. The zero-order valence-electron chi connectivity index (χ0n) is 19.0. The van der Waals surface area contributed by atoms with E-state index in [1.807, 2.05) is 103 Å². The van der Waals surface area contributed by atoms with E-state index in [1.165, 1.54) is 14.2 Å². The summed E-state index contributed by atoms with van der Waals surface area (Å²) in [5, 5.41) is 0. The van der Waals surface area contributed by atoms with Crippen molar-refractivity contribution in [2.24, 2.45) is 0 Å². The molecule has 34 heavy (non-hydrogen) atoms. The summed E-state index contributed by atoms with van der Waals surface area (Å²) < 4.78 is 10.4. The van der Waals surface area contributed by atoms with Crippen molar-refractivity contribution in [1.29, 1.82) is 0 Å². The molecule has 3 aromatic rings. The Morgan fingerprint density at radius 1 is 0.618 bits per heavy atom. The van der Waals surface area contributed by atoms with Gasteiger partial charge in [0.1, 0.15) is 0 Å². The van der Waals surface area contributed by atoms with Gasteiger partial charge in [0.05, 0.1) is 25.4 Å². The van der Waals surface area contributed by atoms with Crippen molar-refractivity contribution in [1.82, 2.24) is 0 Å². The van der Waals surface area contributed by atoms with Gasteiger partial charge in [-0.15, -0.1) is 0 Å². The van der Waals surface area contributed by atoms with Gasteiger partial charge in [-0.1, -0.05) is 109 Å². The first-order valence-electron chi connectivity index (χ1n) is 10.9. The number of carbonyl (C=O) groups excluding carboxylic acids is 2. The molecule has 3 aromatic carbocycles. The lowest BCUT2D eigenvalue weighted by Gasteiger charge is -2.12. The van der Waals surface area contributed by atoms with E-state index in [0.717, 1.165) is 16.7 Å². The first-order valence-corrected chi connectivity index (χ1v) is 10.9. The zero-order valence-corrected chi connectivity index (χ0v) is 19.0. The van der Waals surface area contributed by atoms with Crippen LogP contribution < -0.4 is 0 Å². The van der Waals surface area contributed by atoms with Crippen molar-refractivity contribution < 1.29 is 19.1 Å². The van der Waals surface area contributed by atoms with Crippen molar-refractivity contribution >= 4 is 29.2 Å². The lowest BCUT2D eigenvalue weighted by Crippen LogP contribution is -2.11. The van der Waals surface area contributed by atoms with Gasteiger partial charge < -0.3 is 9.47 Å². The Morgan fingerprint density at radius 2 is 1.03 bits per heavy atom. The van der Waals surface area contributed by atoms with Crippen LogP contribution >= 0.6 is 0 Å². The summed E-state index contributed by atoms with van der Waals surface area (Å²) in [5.41, 5.74) is 4.99. The van der Waals surface area contributed by atoms with Crippen LogP contribution in [0.1, 0.15) is 16.7 Å². The van der Waals surface area contributed by atoms with Gasteiger partial charge in [-0.05, 0) is 16.7 Å². The van der Waals surface area contributed by atoms with Crippen LogP contribution in [0.15, 0.2) is 120 Å². The smallest absolute Gasteiger partial charge is 0.339 e. The highest BCUT2D eigenvalue weighted by Crippen LogP contribution is 2.48. The van der Waals surface area contributed by atoms with Crippen LogP contribution in [-0.4, -0.2) is 26.2 Å². The quantitative estimate of drug-likeness (QED) is 0.441. The van der Waals surface area contributed by atoms with E-state index in [4.69, 9.17) is 9.47 Å². The third-order valence-electron chi connectivity index (χ3n) is 5.54. The Bertz CT molecular complexity index is 1230. The summed E-state index contributed by atoms with van der Waals surface area (Å²) in [6.45, 7) is 0. The third-order valence-corrected chi connectivity index (χ3v) is 5.54. The van der Waals surface area contributed by atoms with Gasteiger partial charge in [0.2, 0.25) is 0 Å². The molecular formula is C30H24O4. The molecule has 0 amide bonds. The zero-order chi connectivity index (χ0) is 23.9. The van der Waals surface area contributed by atoms with Crippen LogP contribution in [0.5, 0.6) is 0 Å². The molecule has 0 saturated heterocycles. The molecular weight excluding hydrogens is 424 g/mol. The largest absolute Gasteiger partial charge is 0.465 e. The maximum Gasteiger partial charge on any atom is 0.339 e. The normalized spacial score (nSPS) is 13.4. The first-order chi connectivity index (χ1) is 16.7. The van der Waals surface area contributed by atoms with Crippen molar-refractivity contribution in [2.75, 3.05) is 14.2 Å². The second kappa shape index (κ2) is 10.5.